The van der Waals surface area contributed by atoms with Crippen LogP contribution in [-0.2, 0) is 10.5 Å². The fourth-order valence-electron chi connectivity index (χ4n) is 1.49. The van der Waals surface area contributed by atoms with Gasteiger partial charge in [0.15, 0.2) is 0 Å². The van der Waals surface area contributed by atoms with E-state index in [-0.39, 0.29) is 11.2 Å². The van der Waals surface area contributed by atoms with Gasteiger partial charge in [-0.05, 0) is 43.3 Å². The highest BCUT2D eigenvalue weighted by atomic mass is 32.2. The van der Waals surface area contributed by atoms with Crippen molar-refractivity contribution in [2.24, 2.45) is 0 Å². The first kappa shape index (κ1) is 13.5. The van der Waals surface area contributed by atoms with E-state index in [0.717, 1.165) is 11.4 Å². The Morgan fingerprint density at radius 2 is 2.11 bits per heavy atom. The number of amides is 1. The van der Waals surface area contributed by atoms with Crippen LogP contribution in [0, 0.1) is 0 Å². The Balaban J connectivity index is 1.83. The summed E-state index contributed by atoms with van der Waals surface area (Å²) in [6.45, 7) is 1.88. The van der Waals surface area contributed by atoms with Crippen molar-refractivity contribution in [3.05, 3.63) is 48.4 Å². The van der Waals surface area contributed by atoms with Crippen LogP contribution < -0.4 is 11.1 Å². The maximum atomic E-state index is 12.0. The third kappa shape index (κ3) is 4.06. The van der Waals surface area contributed by atoms with Crippen LogP contribution in [0.15, 0.2) is 47.1 Å². The molecule has 0 radical (unpaired) electrons. The molecule has 3 N–H and O–H groups in total. The number of furan rings is 1. The number of carbonyl (C=O) groups is 1. The molecule has 0 fully saturated rings. The molecular weight excluding hydrogens is 260 g/mol. The molecule has 1 unspecified atom stereocenters. The molecule has 0 saturated heterocycles. The number of benzene rings is 1. The van der Waals surface area contributed by atoms with Crippen LogP contribution in [0.2, 0.25) is 0 Å². The molecule has 0 aliphatic heterocycles. The van der Waals surface area contributed by atoms with E-state index in [1.165, 1.54) is 11.8 Å². The van der Waals surface area contributed by atoms with Gasteiger partial charge in [0.2, 0.25) is 5.91 Å². The molecule has 0 bridgehead atoms. The van der Waals surface area contributed by atoms with Crippen LogP contribution >= 0.6 is 11.8 Å². The minimum atomic E-state index is -0.150. The first-order valence-corrected chi connectivity index (χ1v) is 7.00. The Morgan fingerprint density at radius 1 is 1.37 bits per heavy atom. The van der Waals surface area contributed by atoms with Crippen molar-refractivity contribution in [2.75, 3.05) is 11.1 Å². The minimum absolute atomic E-state index is 0.0265. The molecule has 2 aromatic rings. The van der Waals surface area contributed by atoms with Crippen LogP contribution in [0.4, 0.5) is 11.4 Å². The predicted octanol–water partition coefficient (Wildman–Crippen LogP) is 3.12. The molecule has 1 amide bonds. The summed E-state index contributed by atoms with van der Waals surface area (Å²) in [5, 5.41) is 2.70. The standard InChI is InChI=1S/C14H16N2O2S/c1-10(19-9-13-3-2-8-18-13)14(17)16-12-6-4-11(15)5-7-12/h2-8,10H,9,15H2,1H3,(H,16,17). The van der Waals surface area contributed by atoms with E-state index in [2.05, 4.69) is 5.32 Å². The Hall–Kier alpha value is -1.88. The molecule has 0 aliphatic rings. The zero-order valence-corrected chi connectivity index (χ0v) is 11.4. The van der Waals surface area contributed by atoms with Crippen molar-refractivity contribution in [1.29, 1.82) is 0 Å². The summed E-state index contributed by atoms with van der Waals surface area (Å²) in [6, 6.07) is 10.8. The molecule has 4 nitrogen and oxygen atoms in total. The molecule has 100 valence electrons. The average molecular weight is 276 g/mol. The molecule has 1 heterocycles. The summed E-state index contributed by atoms with van der Waals surface area (Å²) in [5.74, 6) is 1.53. The fraction of sp³-hybridized carbons (Fsp3) is 0.214. The maximum Gasteiger partial charge on any atom is 0.237 e. The van der Waals surface area contributed by atoms with Gasteiger partial charge in [-0.2, -0.15) is 0 Å². The number of carbonyl (C=O) groups excluding carboxylic acids is 1. The maximum absolute atomic E-state index is 12.0. The normalized spacial score (nSPS) is 12.1. The highest BCUT2D eigenvalue weighted by Gasteiger charge is 2.14. The van der Waals surface area contributed by atoms with Gasteiger partial charge < -0.3 is 15.5 Å². The lowest BCUT2D eigenvalue weighted by Gasteiger charge is -2.11. The summed E-state index contributed by atoms with van der Waals surface area (Å²) in [5.41, 5.74) is 7.03. The van der Waals surface area contributed by atoms with Gasteiger partial charge in [-0.1, -0.05) is 0 Å². The van der Waals surface area contributed by atoms with Gasteiger partial charge in [-0.15, -0.1) is 11.8 Å². The van der Waals surface area contributed by atoms with Crippen LogP contribution in [0.3, 0.4) is 0 Å². The van der Waals surface area contributed by atoms with Crippen molar-refractivity contribution >= 4 is 29.0 Å². The highest BCUT2D eigenvalue weighted by Crippen LogP contribution is 2.19. The van der Waals surface area contributed by atoms with E-state index >= 15 is 0 Å². The van der Waals surface area contributed by atoms with Gasteiger partial charge >= 0.3 is 0 Å². The fourth-order valence-corrected chi connectivity index (χ4v) is 2.28. The van der Waals surface area contributed by atoms with E-state index in [1.807, 2.05) is 19.1 Å². The third-order valence-corrected chi connectivity index (χ3v) is 3.77. The van der Waals surface area contributed by atoms with Crippen molar-refractivity contribution < 1.29 is 9.21 Å². The molecule has 2 rings (SSSR count). The zero-order valence-electron chi connectivity index (χ0n) is 10.6. The van der Waals surface area contributed by atoms with Crippen molar-refractivity contribution in [1.82, 2.24) is 0 Å². The lowest BCUT2D eigenvalue weighted by atomic mass is 10.3. The number of nitrogens with one attached hydrogen (secondary N) is 1. The minimum Gasteiger partial charge on any atom is -0.468 e. The lowest BCUT2D eigenvalue weighted by molar-refractivity contribution is -0.115. The molecular formula is C14H16N2O2S. The average Bonchev–Trinajstić information content (AvgIpc) is 2.91. The van der Waals surface area contributed by atoms with Crippen molar-refractivity contribution in [3.63, 3.8) is 0 Å². The molecule has 1 aromatic carbocycles. The van der Waals surface area contributed by atoms with Gasteiger partial charge in [0, 0.05) is 11.4 Å². The van der Waals surface area contributed by atoms with E-state index in [4.69, 9.17) is 10.2 Å². The van der Waals surface area contributed by atoms with E-state index in [0.29, 0.717) is 11.4 Å². The summed E-state index contributed by atoms with van der Waals surface area (Å²) in [7, 11) is 0. The largest absolute Gasteiger partial charge is 0.468 e. The first-order chi connectivity index (χ1) is 9.15. The summed E-state index contributed by atoms with van der Waals surface area (Å²) in [4.78, 5) is 12.0. The van der Waals surface area contributed by atoms with E-state index in [9.17, 15) is 4.79 Å². The number of hydrogen-bond acceptors (Lipinski definition) is 4. The lowest BCUT2D eigenvalue weighted by Crippen LogP contribution is -2.22. The Bertz CT molecular complexity index is 523. The first-order valence-electron chi connectivity index (χ1n) is 5.95. The second-order valence-corrected chi connectivity index (χ2v) is 5.47. The molecule has 5 heteroatoms. The van der Waals surface area contributed by atoms with Crippen LogP contribution in [0.25, 0.3) is 0 Å². The molecule has 0 aliphatic carbocycles. The molecule has 0 spiro atoms. The summed E-state index contributed by atoms with van der Waals surface area (Å²) in [6.07, 6.45) is 1.63. The second kappa shape index (κ2) is 6.33. The van der Waals surface area contributed by atoms with Gasteiger partial charge in [0.25, 0.3) is 0 Å². The SMILES string of the molecule is CC(SCc1ccco1)C(=O)Nc1ccc(N)cc1. The molecule has 0 saturated carbocycles. The predicted molar refractivity (Wildman–Crippen MR) is 78.9 cm³/mol. The van der Waals surface area contributed by atoms with E-state index in [1.54, 1.807) is 30.5 Å². The smallest absolute Gasteiger partial charge is 0.237 e. The van der Waals surface area contributed by atoms with Crippen molar-refractivity contribution in [3.8, 4) is 0 Å². The Kier molecular flexibility index (Phi) is 4.52. The van der Waals surface area contributed by atoms with Gasteiger partial charge in [0.1, 0.15) is 5.76 Å². The number of nitrogen functional groups attached to an aromatic ring is 1. The number of rotatable bonds is 5. The highest BCUT2D eigenvalue weighted by molar-refractivity contribution is 7.99. The quantitative estimate of drug-likeness (QED) is 0.823. The molecule has 1 atom stereocenters. The molecule has 19 heavy (non-hydrogen) atoms. The number of hydrogen-bond donors (Lipinski definition) is 2. The second-order valence-electron chi connectivity index (χ2n) is 4.14. The van der Waals surface area contributed by atoms with Crippen LogP contribution in [0.5, 0.6) is 0 Å². The van der Waals surface area contributed by atoms with Crippen molar-refractivity contribution in [2.45, 2.75) is 17.9 Å². The zero-order chi connectivity index (χ0) is 13.7. The van der Waals surface area contributed by atoms with E-state index < -0.39 is 0 Å². The Labute approximate surface area is 116 Å². The number of thioether (sulfide) groups is 1. The van der Waals surface area contributed by atoms with Gasteiger partial charge in [0.05, 0.1) is 17.3 Å². The molecule has 1 aromatic heterocycles. The summed E-state index contributed by atoms with van der Waals surface area (Å²) < 4.78 is 5.23. The van der Waals surface area contributed by atoms with Gasteiger partial charge in [-0.25, -0.2) is 0 Å². The Morgan fingerprint density at radius 3 is 2.74 bits per heavy atom. The van der Waals surface area contributed by atoms with Crippen LogP contribution in [0.1, 0.15) is 12.7 Å². The van der Waals surface area contributed by atoms with Gasteiger partial charge in [-0.3, -0.25) is 4.79 Å². The summed E-state index contributed by atoms with van der Waals surface area (Å²) >= 11 is 1.53. The van der Waals surface area contributed by atoms with Crippen LogP contribution in [-0.4, -0.2) is 11.2 Å². The number of anilines is 2. The monoisotopic (exact) mass is 276 g/mol. The number of nitrogens with two attached hydrogens (primary N) is 1. The topological polar surface area (TPSA) is 68.3 Å². The third-order valence-electron chi connectivity index (χ3n) is 2.60.